The number of halogens is 1. The standard InChI is InChI=1S/C18H17ClN4O3/c19-12-10-11(21-16(24)13-4-3-8-20-13)6-7-14(12)23-17(25)15-5-1-2-9-22(15)18(23)26/h4,6-8,10,15H,1-3,5,9H2,(H,21,24). The van der Waals surface area contributed by atoms with Crippen LogP contribution in [0.1, 0.15) is 25.7 Å². The van der Waals surface area contributed by atoms with Gasteiger partial charge in [0.15, 0.2) is 0 Å². The number of fused-ring (bicyclic) bond motifs is 1. The highest BCUT2D eigenvalue weighted by Gasteiger charge is 2.47. The van der Waals surface area contributed by atoms with Crippen molar-refractivity contribution in [1.29, 1.82) is 0 Å². The van der Waals surface area contributed by atoms with Crippen LogP contribution in [0.3, 0.4) is 0 Å². The summed E-state index contributed by atoms with van der Waals surface area (Å²) in [5, 5.41) is 2.94. The lowest BCUT2D eigenvalue weighted by atomic mass is 10.0. The lowest BCUT2D eigenvalue weighted by molar-refractivity contribution is -0.120. The molecule has 0 aliphatic carbocycles. The van der Waals surface area contributed by atoms with Crippen molar-refractivity contribution in [2.45, 2.75) is 31.7 Å². The molecule has 0 saturated carbocycles. The van der Waals surface area contributed by atoms with Crippen LogP contribution in [0.15, 0.2) is 35.0 Å². The average Bonchev–Trinajstić information content (AvgIpc) is 3.25. The van der Waals surface area contributed by atoms with E-state index < -0.39 is 0 Å². The van der Waals surface area contributed by atoms with Crippen molar-refractivity contribution in [2.24, 2.45) is 4.99 Å². The third-order valence-electron chi connectivity index (χ3n) is 4.77. The number of amides is 4. The number of carbonyl (C=O) groups is 3. The molecule has 8 heteroatoms. The van der Waals surface area contributed by atoms with Crippen LogP contribution in [0.5, 0.6) is 0 Å². The molecule has 26 heavy (non-hydrogen) atoms. The van der Waals surface area contributed by atoms with Gasteiger partial charge in [0.1, 0.15) is 11.7 Å². The van der Waals surface area contributed by atoms with Crippen molar-refractivity contribution < 1.29 is 14.4 Å². The molecule has 0 aromatic heterocycles. The number of benzene rings is 1. The summed E-state index contributed by atoms with van der Waals surface area (Å²) in [4.78, 5) is 44.1. The van der Waals surface area contributed by atoms with Crippen molar-refractivity contribution in [2.75, 3.05) is 16.8 Å². The Labute approximate surface area is 155 Å². The first-order valence-corrected chi connectivity index (χ1v) is 8.92. The molecule has 1 aromatic carbocycles. The van der Waals surface area contributed by atoms with Gasteiger partial charge in [0, 0.05) is 24.9 Å². The summed E-state index contributed by atoms with van der Waals surface area (Å²) in [6.45, 7) is 0.590. The summed E-state index contributed by atoms with van der Waals surface area (Å²) in [6.07, 6.45) is 6.54. The number of allylic oxidation sites excluding steroid dienone is 1. The van der Waals surface area contributed by atoms with Gasteiger partial charge in [0.2, 0.25) is 0 Å². The average molecular weight is 373 g/mol. The summed E-state index contributed by atoms with van der Waals surface area (Å²) in [5.74, 6) is -0.563. The Morgan fingerprint density at radius 2 is 2.12 bits per heavy atom. The summed E-state index contributed by atoms with van der Waals surface area (Å²) >= 11 is 6.32. The van der Waals surface area contributed by atoms with Gasteiger partial charge in [-0.15, -0.1) is 0 Å². The van der Waals surface area contributed by atoms with Gasteiger partial charge in [-0.3, -0.25) is 14.6 Å². The molecule has 1 aromatic rings. The smallest absolute Gasteiger partial charge is 0.321 e. The van der Waals surface area contributed by atoms with E-state index in [-0.39, 0.29) is 28.9 Å². The fourth-order valence-corrected chi connectivity index (χ4v) is 3.76. The number of aliphatic imine (C=N–C) groups is 1. The van der Waals surface area contributed by atoms with Crippen molar-refractivity contribution >= 4 is 47.0 Å². The highest BCUT2D eigenvalue weighted by atomic mass is 35.5. The van der Waals surface area contributed by atoms with Gasteiger partial charge in [-0.1, -0.05) is 11.6 Å². The first kappa shape index (κ1) is 16.8. The van der Waals surface area contributed by atoms with Crippen LogP contribution < -0.4 is 10.2 Å². The van der Waals surface area contributed by atoms with Crippen molar-refractivity contribution in [3.05, 3.63) is 35.0 Å². The number of hydrogen-bond acceptors (Lipinski definition) is 4. The molecule has 3 aliphatic heterocycles. The molecule has 2 fully saturated rings. The second-order valence-electron chi connectivity index (χ2n) is 6.42. The fourth-order valence-electron chi connectivity index (χ4n) is 3.49. The van der Waals surface area contributed by atoms with Gasteiger partial charge in [0.25, 0.3) is 11.8 Å². The predicted octanol–water partition coefficient (Wildman–Crippen LogP) is 2.96. The number of hydrogen-bond donors (Lipinski definition) is 1. The third kappa shape index (κ3) is 2.78. The molecule has 134 valence electrons. The van der Waals surface area contributed by atoms with Gasteiger partial charge >= 0.3 is 6.03 Å². The number of anilines is 2. The van der Waals surface area contributed by atoms with Gasteiger partial charge in [0.05, 0.1) is 10.7 Å². The topological polar surface area (TPSA) is 82.1 Å². The first-order valence-electron chi connectivity index (χ1n) is 8.54. The number of nitrogens with zero attached hydrogens (tertiary/aromatic N) is 3. The fraction of sp³-hybridized carbons (Fsp3) is 0.333. The maximum atomic E-state index is 12.7. The Kier molecular flexibility index (Phi) is 4.24. The molecule has 1 unspecified atom stereocenters. The molecule has 3 aliphatic rings. The van der Waals surface area contributed by atoms with Crippen molar-refractivity contribution in [3.63, 3.8) is 0 Å². The van der Waals surface area contributed by atoms with Crippen molar-refractivity contribution in [1.82, 2.24) is 4.90 Å². The normalized spacial score (nSPS) is 21.9. The maximum absolute atomic E-state index is 12.7. The van der Waals surface area contributed by atoms with E-state index in [9.17, 15) is 14.4 Å². The maximum Gasteiger partial charge on any atom is 0.332 e. The Morgan fingerprint density at radius 3 is 2.81 bits per heavy atom. The Hall–Kier alpha value is -2.67. The Bertz CT molecular complexity index is 840. The molecule has 4 rings (SSSR count). The van der Waals surface area contributed by atoms with Crippen LogP contribution in [-0.4, -0.2) is 41.5 Å². The molecule has 0 bridgehead atoms. The van der Waals surface area contributed by atoms with E-state index in [0.717, 1.165) is 17.7 Å². The molecule has 3 heterocycles. The minimum atomic E-state index is -0.390. The Morgan fingerprint density at radius 1 is 1.27 bits per heavy atom. The van der Waals surface area contributed by atoms with E-state index in [1.807, 2.05) is 0 Å². The minimum absolute atomic E-state index is 0.230. The molecular weight excluding hydrogens is 356 g/mol. The summed E-state index contributed by atoms with van der Waals surface area (Å²) in [6, 6.07) is 4.02. The first-order chi connectivity index (χ1) is 12.6. The van der Waals surface area contributed by atoms with Crippen LogP contribution in [-0.2, 0) is 9.59 Å². The third-order valence-corrected chi connectivity index (χ3v) is 5.07. The van der Waals surface area contributed by atoms with Crippen LogP contribution >= 0.6 is 11.6 Å². The second kappa shape index (κ2) is 6.57. The summed E-state index contributed by atoms with van der Waals surface area (Å²) in [5.41, 5.74) is 1.17. The molecule has 1 N–H and O–H groups in total. The van der Waals surface area contributed by atoms with Crippen LogP contribution in [0, 0.1) is 0 Å². The molecular formula is C18H17ClN4O3. The van der Waals surface area contributed by atoms with E-state index in [4.69, 9.17) is 11.6 Å². The van der Waals surface area contributed by atoms with E-state index in [2.05, 4.69) is 10.3 Å². The second-order valence-corrected chi connectivity index (χ2v) is 6.83. The highest BCUT2D eigenvalue weighted by Crippen LogP contribution is 2.35. The van der Waals surface area contributed by atoms with Crippen molar-refractivity contribution in [3.8, 4) is 0 Å². The zero-order chi connectivity index (χ0) is 18.3. The van der Waals surface area contributed by atoms with Gasteiger partial charge < -0.3 is 10.2 Å². The van der Waals surface area contributed by atoms with E-state index >= 15 is 0 Å². The summed E-state index contributed by atoms with van der Waals surface area (Å²) in [7, 11) is 0. The predicted molar refractivity (Wildman–Crippen MR) is 98.5 cm³/mol. The molecule has 7 nitrogen and oxygen atoms in total. The summed E-state index contributed by atoms with van der Waals surface area (Å²) < 4.78 is 0. The molecule has 2 saturated heterocycles. The zero-order valence-corrected chi connectivity index (χ0v) is 14.7. The van der Waals surface area contributed by atoms with Gasteiger partial charge in [-0.25, -0.2) is 9.69 Å². The van der Waals surface area contributed by atoms with E-state index in [1.54, 1.807) is 29.3 Å². The molecule has 4 amide bonds. The van der Waals surface area contributed by atoms with Crippen LogP contribution in [0.2, 0.25) is 5.02 Å². The number of carbonyl (C=O) groups excluding carboxylic acids is 3. The number of rotatable bonds is 3. The monoisotopic (exact) mass is 372 g/mol. The SMILES string of the molecule is O=C(Nc1ccc(N2C(=O)C3CCCCN3C2=O)c(Cl)c1)C1=CCC=N1. The van der Waals surface area contributed by atoms with E-state index in [1.165, 1.54) is 6.07 Å². The molecule has 1 atom stereocenters. The van der Waals surface area contributed by atoms with Gasteiger partial charge in [-0.05, 0) is 43.5 Å². The lowest BCUT2D eigenvalue weighted by Gasteiger charge is -2.26. The lowest BCUT2D eigenvalue weighted by Crippen LogP contribution is -2.39. The Balaban J connectivity index is 1.56. The number of piperidine rings is 1. The van der Waals surface area contributed by atoms with Gasteiger partial charge in [-0.2, -0.15) is 0 Å². The number of nitrogens with one attached hydrogen (secondary N) is 1. The molecule has 0 radical (unpaired) electrons. The largest absolute Gasteiger partial charge is 0.332 e. The van der Waals surface area contributed by atoms with Crippen LogP contribution in [0.25, 0.3) is 0 Å². The number of urea groups is 1. The number of imide groups is 1. The molecule has 0 spiro atoms. The minimum Gasteiger partial charge on any atom is -0.321 e. The highest BCUT2D eigenvalue weighted by molar-refractivity contribution is 6.36. The zero-order valence-electron chi connectivity index (χ0n) is 13.9. The van der Waals surface area contributed by atoms with E-state index in [0.29, 0.717) is 36.5 Å². The quantitative estimate of drug-likeness (QED) is 0.828. The van der Waals surface area contributed by atoms with Crippen LogP contribution in [0.4, 0.5) is 16.2 Å².